The minimum Gasteiger partial charge on any atom is -0.326 e. The van der Waals surface area contributed by atoms with E-state index in [4.69, 9.17) is 0 Å². The number of carbonyl (C=O) groups excluding carboxylic acids is 2. The first-order valence-corrected chi connectivity index (χ1v) is 5.23. The fraction of sp³-hybridized carbons (Fsp3) is 0.333. The van der Waals surface area contributed by atoms with E-state index in [1.165, 1.54) is 6.92 Å². The molecule has 0 bridgehead atoms. The van der Waals surface area contributed by atoms with Crippen molar-refractivity contribution in [1.82, 2.24) is 4.90 Å². The van der Waals surface area contributed by atoms with Gasteiger partial charge in [-0.1, -0.05) is 12.1 Å². The highest BCUT2D eigenvalue weighted by Crippen LogP contribution is 2.20. The third kappa shape index (κ3) is 1.78. The standard InChI is InChI=1S/C12H14N2O2/c1-9(15)10-4-3-5-11(8-10)14-7-6-13(2)12(14)16/h3-5,8H,6-7H2,1-2H3. The number of rotatable bonds is 2. The lowest BCUT2D eigenvalue weighted by Gasteiger charge is -2.16. The van der Waals surface area contributed by atoms with E-state index in [0.717, 1.165) is 12.2 Å². The summed E-state index contributed by atoms with van der Waals surface area (Å²) in [6, 6.07) is 7.16. The van der Waals surface area contributed by atoms with Gasteiger partial charge < -0.3 is 4.90 Å². The van der Waals surface area contributed by atoms with Crippen molar-refractivity contribution in [2.24, 2.45) is 0 Å². The lowest BCUT2D eigenvalue weighted by molar-refractivity contribution is 0.101. The summed E-state index contributed by atoms with van der Waals surface area (Å²) < 4.78 is 0. The van der Waals surface area contributed by atoms with Crippen molar-refractivity contribution in [2.75, 3.05) is 25.0 Å². The molecule has 0 saturated carbocycles. The molecule has 0 N–H and O–H groups in total. The molecule has 2 amide bonds. The predicted octanol–water partition coefficient (Wildman–Crippen LogP) is 1.76. The summed E-state index contributed by atoms with van der Waals surface area (Å²) in [4.78, 5) is 26.4. The minimum atomic E-state index is -0.0132. The molecule has 0 atom stereocenters. The number of amides is 2. The van der Waals surface area contributed by atoms with Gasteiger partial charge in [0.05, 0.1) is 0 Å². The normalized spacial score (nSPS) is 15.8. The minimum absolute atomic E-state index is 0.0132. The Kier molecular flexibility index (Phi) is 2.64. The average Bonchev–Trinajstić information content (AvgIpc) is 2.60. The maximum absolute atomic E-state index is 11.8. The van der Waals surface area contributed by atoms with Crippen molar-refractivity contribution in [3.8, 4) is 0 Å². The van der Waals surface area contributed by atoms with Crippen LogP contribution in [-0.4, -0.2) is 36.9 Å². The molecule has 1 aromatic carbocycles. The molecule has 1 aliphatic rings. The van der Waals surface area contributed by atoms with E-state index in [2.05, 4.69) is 0 Å². The number of anilines is 1. The molecule has 0 unspecified atom stereocenters. The summed E-state index contributed by atoms with van der Waals surface area (Å²) in [5, 5.41) is 0. The Balaban J connectivity index is 2.31. The zero-order valence-corrected chi connectivity index (χ0v) is 9.43. The van der Waals surface area contributed by atoms with Crippen molar-refractivity contribution < 1.29 is 9.59 Å². The van der Waals surface area contributed by atoms with Gasteiger partial charge in [-0.2, -0.15) is 0 Å². The number of likely N-dealkylation sites (N-methyl/N-ethyl adjacent to an activating group) is 1. The molecule has 84 valence electrons. The van der Waals surface area contributed by atoms with E-state index in [1.54, 1.807) is 35.0 Å². The topological polar surface area (TPSA) is 40.6 Å². The van der Waals surface area contributed by atoms with E-state index in [-0.39, 0.29) is 11.8 Å². The summed E-state index contributed by atoms with van der Waals surface area (Å²) in [6.07, 6.45) is 0. The molecule has 1 saturated heterocycles. The second kappa shape index (κ2) is 3.96. The zero-order valence-electron chi connectivity index (χ0n) is 9.43. The second-order valence-corrected chi connectivity index (χ2v) is 3.96. The van der Waals surface area contributed by atoms with Crippen LogP contribution in [0.25, 0.3) is 0 Å². The Morgan fingerprint density at radius 2 is 2.06 bits per heavy atom. The Bertz CT molecular complexity index is 442. The van der Waals surface area contributed by atoms with Gasteiger partial charge in [0.25, 0.3) is 0 Å². The summed E-state index contributed by atoms with van der Waals surface area (Å²) in [7, 11) is 1.77. The van der Waals surface area contributed by atoms with Gasteiger partial charge in [0.15, 0.2) is 5.78 Å². The van der Waals surface area contributed by atoms with Gasteiger partial charge in [-0.05, 0) is 19.1 Å². The van der Waals surface area contributed by atoms with Crippen LogP contribution in [0.5, 0.6) is 0 Å². The first-order valence-electron chi connectivity index (χ1n) is 5.23. The summed E-state index contributed by atoms with van der Waals surface area (Å²) in [6.45, 7) is 2.93. The monoisotopic (exact) mass is 218 g/mol. The van der Waals surface area contributed by atoms with Gasteiger partial charge in [-0.15, -0.1) is 0 Å². The molecule has 4 heteroatoms. The second-order valence-electron chi connectivity index (χ2n) is 3.96. The molecule has 0 spiro atoms. The quantitative estimate of drug-likeness (QED) is 0.710. The van der Waals surface area contributed by atoms with Crippen molar-refractivity contribution >= 4 is 17.5 Å². The highest BCUT2D eigenvalue weighted by molar-refractivity contribution is 5.98. The molecule has 4 nitrogen and oxygen atoms in total. The van der Waals surface area contributed by atoms with Crippen LogP contribution in [0.3, 0.4) is 0 Å². The Morgan fingerprint density at radius 3 is 2.62 bits per heavy atom. The van der Waals surface area contributed by atoms with E-state index in [1.807, 2.05) is 6.07 Å². The lowest BCUT2D eigenvalue weighted by Crippen LogP contribution is -2.29. The molecule has 1 aliphatic heterocycles. The van der Waals surface area contributed by atoms with Crippen LogP contribution in [-0.2, 0) is 0 Å². The zero-order chi connectivity index (χ0) is 11.7. The highest BCUT2D eigenvalue weighted by atomic mass is 16.2. The number of hydrogen-bond acceptors (Lipinski definition) is 2. The number of hydrogen-bond donors (Lipinski definition) is 0. The first kappa shape index (κ1) is 10.7. The Labute approximate surface area is 94.5 Å². The molecule has 1 heterocycles. The smallest absolute Gasteiger partial charge is 0.324 e. The summed E-state index contributed by atoms with van der Waals surface area (Å²) in [5.41, 5.74) is 1.43. The lowest BCUT2D eigenvalue weighted by atomic mass is 10.1. The maximum Gasteiger partial charge on any atom is 0.324 e. The third-order valence-corrected chi connectivity index (χ3v) is 2.78. The number of ketones is 1. The Hall–Kier alpha value is -1.84. The largest absolute Gasteiger partial charge is 0.326 e. The molecule has 1 fully saturated rings. The summed E-state index contributed by atoms with van der Waals surface area (Å²) in [5.74, 6) is 0.0156. The first-order chi connectivity index (χ1) is 7.59. The van der Waals surface area contributed by atoms with E-state index < -0.39 is 0 Å². The van der Waals surface area contributed by atoms with Crippen molar-refractivity contribution in [3.05, 3.63) is 29.8 Å². The van der Waals surface area contributed by atoms with Gasteiger partial charge >= 0.3 is 6.03 Å². The molecule has 0 aliphatic carbocycles. The maximum atomic E-state index is 11.8. The fourth-order valence-electron chi connectivity index (χ4n) is 1.78. The van der Waals surface area contributed by atoms with Crippen molar-refractivity contribution in [3.63, 3.8) is 0 Å². The molecule has 1 aromatic rings. The van der Waals surface area contributed by atoms with E-state index in [0.29, 0.717) is 12.1 Å². The Morgan fingerprint density at radius 1 is 1.31 bits per heavy atom. The van der Waals surface area contributed by atoms with E-state index in [9.17, 15) is 9.59 Å². The van der Waals surface area contributed by atoms with Gasteiger partial charge in [0.2, 0.25) is 0 Å². The van der Waals surface area contributed by atoms with Crippen LogP contribution in [0.15, 0.2) is 24.3 Å². The van der Waals surface area contributed by atoms with Gasteiger partial charge in [-0.3, -0.25) is 9.69 Å². The van der Waals surface area contributed by atoms with Gasteiger partial charge in [0.1, 0.15) is 0 Å². The van der Waals surface area contributed by atoms with Crippen LogP contribution in [0.4, 0.5) is 10.5 Å². The molecule has 0 radical (unpaired) electrons. The van der Waals surface area contributed by atoms with E-state index >= 15 is 0 Å². The van der Waals surface area contributed by atoms with Crippen LogP contribution in [0.1, 0.15) is 17.3 Å². The molecule has 2 rings (SSSR count). The molecule has 0 aromatic heterocycles. The third-order valence-electron chi connectivity index (χ3n) is 2.78. The number of carbonyl (C=O) groups is 2. The fourth-order valence-corrected chi connectivity index (χ4v) is 1.78. The number of Topliss-reactive ketones (excluding diaryl/α,β-unsaturated/α-hetero) is 1. The SMILES string of the molecule is CC(=O)c1cccc(N2CCN(C)C2=O)c1. The number of nitrogens with zero attached hydrogens (tertiary/aromatic N) is 2. The van der Waals surface area contributed by atoms with Crippen LogP contribution in [0, 0.1) is 0 Å². The van der Waals surface area contributed by atoms with Crippen molar-refractivity contribution in [2.45, 2.75) is 6.92 Å². The number of urea groups is 1. The number of benzene rings is 1. The van der Waals surface area contributed by atoms with Crippen LogP contribution < -0.4 is 4.90 Å². The average molecular weight is 218 g/mol. The van der Waals surface area contributed by atoms with Gasteiger partial charge in [-0.25, -0.2) is 4.79 Å². The molecule has 16 heavy (non-hydrogen) atoms. The molecular weight excluding hydrogens is 204 g/mol. The van der Waals surface area contributed by atoms with Crippen molar-refractivity contribution in [1.29, 1.82) is 0 Å². The van der Waals surface area contributed by atoms with Crippen LogP contribution in [0.2, 0.25) is 0 Å². The van der Waals surface area contributed by atoms with Crippen LogP contribution >= 0.6 is 0 Å². The summed E-state index contributed by atoms with van der Waals surface area (Å²) >= 11 is 0. The van der Waals surface area contributed by atoms with Gasteiger partial charge in [0, 0.05) is 31.4 Å². The molecular formula is C12H14N2O2. The predicted molar refractivity (Wildman–Crippen MR) is 61.8 cm³/mol. The highest BCUT2D eigenvalue weighted by Gasteiger charge is 2.26.